The lowest BCUT2D eigenvalue weighted by molar-refractivity contribution is 0.864. The number of rotatable bonds is 1. The summed E-state index contributed by atoms with van der Waals surface area (Å²) in [6.45, 7) is 0. The molecule has 0 aliphatic heterocycles. The van der Waals surface area contributed by atoms with Crippen molar-refractivity contribution < 1.29 is 0 Å². The lowest BCUT2D eigenvalue weighted by Crippen LogP contribution is -2.14. The summed E-state index contributed by atoms with van der Waals surface area (Å²) < 4.78 is 2.55. The molecule has 0 saturated carbocycles. The van der Waals surface area contributed by atoms with Gasteiger partial charge in [-0.2, -0.15) is 5.26 Å². The molecular formula is C41H26N2. The van der Waals surface area contributed by atoms with Gasteiger partial charge in [-0.3, -0.25) is 0 Å². The van der Waals surface area contributed by atoms with Gasteiger partial charge in [0.05, 0.1) is 22.7 Å². The molecule has 1 unspecified atom stereocenters. The maximum atomic E-state index is 9.63. The molecule has 0 saturated heterocycles. The van der Waals surface area contributed by atoms with Gasteiger partial charge in [0, 0.05) is 28.0 Å². The zero-order valence-electron chi connectivity index (χ0n) is 23.6. The third kappa shape index (κ3) is 2.97. The van der Waals surface area contributed by atoms with E-state index in [1.807, 2.05) is 6.07 Å². The van der Waals surface area contributed by atoms with E-state index in [2.05, 4.69) is 120 Å². The van der Waals surface area contributed by atoms with Crippen LogP contribution in [0.25, 0.3) is 60.9 Å². The molecule has 4 aliphatic rings. The molecule has 43 heavy (non-hydrogen) atoms. The predicted molar refractivity (Wildman–Crippen MR) is 176 cm³/mol. The molecule has 0 amide bonds. The molecule has 0 N–H and O–H groups in total. The lowest BCUT2D eigenvalue weighted by atomic mass is 9.71. The predicted octanol–water partition coefficient (Wildman–Crippen LogP) is 10.1. The fourth-order valence-corrected chi connectivity index (χ4v) is 8.41. The lowest BCUT2D eigenvalue weighted by Gasteiger charge is -2.33. The minimum Gasteiger partial charge on any atom is -0.309 e. The summed E-state index contributed by atoms with van der Waals surface area (Å²) in [6, 6.07) is 37.8. The van der Waals surface area contributed by atoms with Gasteiger partial charge in [-0.1, -0.05) is 91.0 Å². The first kappa shape index (κ1) is 23.2. The second-order valence-electron chi connectivity index (χ2n) is 12.2. The number of aromatic nitrogens is 1. The highest BCUT2D eigenvalue weighted by molar-refractivity contribution is 6.19. The van der Waals surface area contributed by atoms with E-state index in [9.17, 15) is 5.26 Å². The number of hydrogen-bond acceptors (Lipinski definition) is 1. The van der Waals surface area contributed by atoms with Crippen molar-refractivity contribution in [2.24, 2.45) is 0 Å². The average molecular weight is 547 g/mol. The molecule has 1 heterocycles. The summed E-state index contributed by atoms with van der Waals surface area (Å²) in [5.41, 5.74) is 19.3. The van der Waals surface area contributed by atoms with Crippen molar-refractivity contribution in [3.05, 3.63) is 149 Å². The van der Waals surface area contributed by atoms with Gasteiger partial charge in [0.15, 0.2) is 0 Å². The van der Waals surface area contributed by atoms with Crippen LogP contribution in [0.5, 0.6) is 0 Å². The van der Waals surface area contributed by atoms with Crippen LogP contribution in [0.4, 0.5) is 0 Å². The second-order valence-corrected chi connectivity index (χ2v) is 12.2. The molecule has 0 bridgehead atoms. The monoisotopic (exact) mass is 546 g/mol. The van der Waals surface area contributed by atoms with Crippen molar-refractivity contribution in [3.63, 3.8) is 0 Å². The van der Waals surface area contributed by atoms with Crippen LogP contribution >= 0.6 is 0 Å². The van der Waals surface area contributed by atoms with E-state index >= 15 is 0 Å². The number of aryl methyl sites for hydroxylation is 1. The Balaban J connectivity index is 1.25. The Kier molecular flexibility index (Phi) is 4.50. The maximum absolute atomic E-state index is 9.63. The molecule has 1 aromatic heterocycles. The number of hydrogen-bond donors (Lipinski definition) is 0. The van der Waals surface area contributed by atoms with Gasteiger partial charge in [-0.15, -0.1) is 0 Å². The highest BCUT2D eigenvalue weighted by Gasteiger charge is 2.34. The first-order chi connectivity index (χ1) is 21.3. The topological polar surface area (TPSA) is 28.7 Å². The van der Waals surface area contributed by atoms with Crippen LogP contribution in [0.2, 0.25) is 0 Å². The summed E-state index contributed by atoms with van der Waals surface area (Å²) in [5, 5.41) is 12.2. The molecule has 0 spiro atoms. The largest absolute Gasteiger partial charge is 0.309 e. The van der Waals surface area contributed by atoms with Crippen molar-refractivity contribution >= 4 is 38.6 Å². The van der Waals surface area contributed by atoms with Crippen LogP contribution < -0.4 is 0 Å². The number of benzene rings is 5. The SMILES string of the molecule is N#Cc1ccc2c(c1)-c1ccccc1C1=CC(n3c4ccccc4c4ccc5c(c43)C3=CCCc4cccc-5c43)=CCC12. The molecular weight excluding hydrogens is 520 g/mol. The fourth-order valence-electron chi connectivity index (χ4n) is 8.41. The van der Waals surface area contributed by atoms with Crippen molar-refractivity contribution in [2.45, 2.75) is 25.2 Å². The van der Waals surface area contributed by atoms with Crippen LogP contribution in [-0.2, 0) is 6.42 Å². The Morgan fingerprint density at radius 3 is 2.47 bits per heavy atom. The Morgan fingerprint density at radius 2 is 1.53 bits per heavy atom. The molecule has 4 aliphatic carbocycles. The number of allylic oxidation sites excluding steroid dienone is 5. The molecule has 200 valence electrons. The Bertz CT molecular complexity index is 2380. The number of nitrogens with zero attached hydrogens (tertiary/aromatic N) is 2. The van der Waals surface area contributed by atoms with Crippen molar-refractivity contribution in [2.75, 3.05) is 0 Å². The van der Waals surface area contributed by atoms with Gasteiger partial charge in [0.25, 0.3) is 0 Å². The Labute approximate surface area is 250 Å². The van der Waals surface area contributed by atoms with E-state index in [4.69, 9.17) is 0 Å². The van der Waals surface area contributed by atoms with Gasteiger partial charge in [0.1, 0.15) is 0 Å². The van der Waals surface area contributed by atoms with E-state index in [1.165, 1.54) is 88.7 Å². The number of nitriles is 1. The quantitative estimate of drug-likeness (QED) is 0.201. The third-order valence-corrected chi connectivity index (χ3v) is 10.2. The standard InChI is InChI=1S/C41H26N2/c42-23-24-15-17-29-30-18-16-26(22-37(30)28-10-2-1-9-27(28)36(29)21-24)43-38-14-4-3-11-31(38)34-20-19-33-32-12-5-7-25-8-6-13-35(39(25)32)40(33)41(34)43/h1-5,7,9-17,19-22,30H,6,8,18H2. The van der Waals surface area contributed by atoms with Crippen LogP contribution in [0, 0.1) is 11.3 Å². The van der Waals surface area contributed by atoms with Gasteiger partial charge < -0.3 is 4.57 Å². The van der Waals surface area contributed by atoms with Gasteiger partial charge >= 0.3 is 0 Å². The molecule has 0 radical (unpaired) electrons. The smallest absolute Gasteiger partial charge is 0.0991 e. The summed E-state index contributed by atoms with van der Waals surface area (Å²) >= 11 is 0. The zero-order valence-corrected chi connectivity index (χ0v) is 23.6. The van der Waals surface area contributed by atoms with Crippen molar-refractivity contribution in [1.29, 1.82) is 5.26 Å². The molecule has 10 rings (SSSR count). The third-order valence-electron chi connectivity index (χ3n) is 10.2. The first-order valence-corrected chi connectivity index (χ1v) is 15.3. The minimum atomic E-state index is 0.271. The highest BCUT2D eigenvalue weighted by Crippen LogP contribution is 2.54. The Hall–Kier alpha value is -5.39. The summed E-state index contributed by atoms with van der Waals surface area (Å²) in [5.74, 6) is 0.271. The molecule has 5 aromatic carbocycles. The van der Waals surface area contributed by atoms with E-state index in [0.717, 1.165) is 19.3 Å². The first-order valence-electron chi connectivity index (χ1n) is 15.3. The average Bonchev–Trinajstić information content (AvgIpc) is 3.58. The Morgan fingerprint density at radius 1 is 0.698 bits per heavy atom. The van der Waals surface area contributed by atoms with Crippen LogP contribution in [0.3, 0.4) is 0 Å². The minimum absolute atomic E-state index is 0.271. The molecule has 6 aromatic rings. The molecule has 0 fully saturated rings. The van der Waals surface area contributed by atoms with Gasteiger partial charge in [-0.25, -0.2) is 0 Å². The van der Waals surface area contributed by atoms with E-state index in [-0.39, 0.29) is 5.92 Å². The van der Waals surface area contributed by atoms with E-state index in [1.54, 1.807) is 0 Å². The zero-order chi connectivity index (χ0) is 28.2. The maximum Gasteiger partial charge on any atom is 0.0991 e. The van der Waals surface area contributed by atoms with Crippen molar-refractivity contribution in [1.82, 2.24) is 4.57 Å². The fraction of sp³-hybridized carbons (Fsp3) is 0.0976. The van der Waals surface area contributed by atoms with Crippen LogP contribution in [-0.4, -0.2) is 4.57 Å². The van der Waals surface area contributed by atoms with Gasteiger partial charge in [0.2, 0.25) is 0 Å². The van der Waals surface area contributed by atoms with Crippen LogP contribution in [0.1, 0.15) is 52.1 Å². The van der Waals surface area contributed by atoms with E-state index in [0.29, 0.717) is 5.56 Å². The summed E-state index contributed by atoms with van der Waals surface area (Å²) in [7, 11) is 0. The van der Waals surface area contributed by atoms with Crippen LogP contribution in [0.15, 0.2) is 115 Å². The van der Waals surface area contributed by atoms with Gasteiger partial charge in [-0.05, 0) is 99.2 Å². The summed E-state index contributed by atoms with van der Waals surface area (Å²) in [4.78, 5) is 0. The van der Waals surface area contributed by atoms with Crippen molar-refractivity contribution in [3.8, 4) is 28.3 Å². The number of para-hydroxylation sites is 1. The number of fused-ring (bicyclic) bond motifs is 13. The summed E-state index contributed by atoms with van der Waals surface area (Å²) in [6.07, 6.45) is 10.5. The molecule has 1 atom stereocenters. The molecule has 2 heteroatoms. The van der Waals surface area contributed by atoms with E-state index < -0.39 is 0 Å². The normalized spacial score (nSPS) is 17.2. The second kappa shape index (κ2) is 8.34. The molecule has 2 nitrogen and oxygen atoms in total. The highest BCUT2D eigenvalue weighted by atomic mass is 15.0.